The molecule has 0 saturated heterocycles. The molecule has 20 heavy (non-hydrogen) atoms. The zero-order valence-corrected chi connectivity index (χ0v) is 12.3. The number of hydrogen-bond donors (Lipinski definition) is 0. The maximum Gasteiger partial charge on any atom is 0.133 e. The van der Waals surface area contributed by atoms with Crippen molar-refractivity contribution in [3.8, 4) is 0 Å². The first-order valence-corrected chi connectivity index (χ1v) is 7.64. The molecule has 1 unspecified atom stereocenters. The van der Waals surface area contributed by atoms with Crippen LogP contribution < -0.4 is 0 Å². The van der Waals surface area contributed by atoms with Crippen molar-refractivity contribution in [3.05, 3.63) is 24.0 Å². The summed E-state index contributed by atoms with van der Waals surface area (Å²) in [6.45, 7) is 1.98. The maximum atomic E-state index is 11.6. The van der Waals surface area contributed by atoms with Gasteiger partial charge in [-0.15, -0.1) is 0 Å². The molecule has 0 aromatic heterocycles. The van der Waals surface area contributed by atoms with Crippen molar-refractivity contribution in [1.29, 1.82) is 0 Å². The molecule has 1 atom stereocenters. The quantitative estimate of drug-likeness (QED) is 0.696. The minimum Gasteiger partial charge on any atom is -0.493 e. The summed E-state index contributed by atoms with van der Waals surface area (Å²) in [6.07, 6.45) is 14.3. The van der Waals surface area contributed by atoms with E-state index in [1.54, 1.807) is 6.92 Å². The second-order valence-corrected chi connectivity index (χ2v) is 6.01. The van der Waals surface area contributed by atoms with Crippen molar-refractivity contribution in [2.24, 2.45) is 11.3 Å². The van der Waals surface area contributed by atoms with Gasteiger partial charge in [-0.2, -0.15) is 0 Å². The number of hydrogen-bond acceptors (Lipinski definition) is 3. The topological polar surface area (TPSA) is 43.4 Å². The normalized spacial score (nSPS) is 26.9. The standard InChI is InChI=1S/C17H24O3/c1-14(19)9-12-20-16-7-10-17(13-18,11-8-16)15-5-3-2-4-6-15/h7-8,10,13,15H,2-6,9,11-12H2,1H3. The molecule has 0 radical (unpaired) electrons. The molecule has 2 rings (SSSR count). The first-order valence-electron chi connectivity index (χ1n) is 7.64. The van der Waals surface area contributed by atoms with E-state index in [0.29, 0.717) is 18.9 Å². The van der Waals surface area contributed by atoms with Gasteiger partial charge in [-0.05, 0) is 44.3 Å². The lowest BCUT2D eigenvalue weighted by Crippen LogP contribution is -2.33. The highest BCUT2D eigenvalue weighted by atomic mass is 16.5. The number of rotatable bonds is 6. The molecule has 1 saturated carbocycles. The van der Waals surface area contributed by atoms with E-state index in [1.807, 2.05) is 18.2 Å². The summed E-state index contributed by atoms with van der Waals surface area (Å²) in [6, 6.07) is 0. The Balaban J connectivity index is 1.93. The van der Waals surface area contributed by atoms with Crippen LogP contribution in [0.25, 0.3) is 0 Å². The van der Waals surface area contributed by atoms with Gasteiger partial charge in [-0.25, -0.2) is 0 Å². The van der Waals surface area contributed by atoms with Crippen LogP contribution in [0.4, 0.5) is 0 Å². The van der Waals surface area contributed by atoms with Gasteiger partial charge in [0.2, 0.25) is 0 Å². The minimum absolute atomic E-state index is 0.134. The van der Waals surface area contributed by atoms with Crippen LogP contribution >= 0.6 is 0 Å². The molecular weight excluding hydrogens is 252 g/mol. The number of carbonyl (C=O) groups is 2. The summed E-state index contributed by atoms with van der Waals surface area (Å²) < 4.78 is 5.56. The number of carbonyl (C=O) groups excluding carboxylic acids is 2. The van der Waals surface area contributed by atoms with E-state index in [2.05, 4.69) is 0 Å². The summed E-state index contributed by atoms with van der Waals surface area (Å²) in [5, 5.41) is 0. The average Bonchev–Trinajstić information content (AvgIpc) is 2.49. The van der Waals surface area contributed by atoms with E-state index in [4.69, 9.17) is 4.74 Å². The third-order valence-corrected chi connectivity index (χ3v) is 4.52. The van der Waals surface area contributed by atoms with Gasteiger partial charge in [0.15, 0.2) is 0 Å². The molecule has 0 heterocycles. The molecule has 3 nitrogen and oxygen atoms in total. The summed E-state index contributed by atoms with van der Waals surface area (Å²) in [4.78, 5) is 22.5. The third kappa shape index (κ3) is 3.59. The molecule has 0 N–H and O–H groups in total. The minimum atomic E-state index is -0.326. The monoisotopic (exact) mass is 276 g/mol. The van der Waals surface area contributed by atoms with Gasteiger partial charge in [0.25, 0.3) is 0 Å². The third-order valence-electron chi connectivity index (χ3n) is 4.52. The highest BCUT2D eigenvalue weighted by Crippen LogP contribution is 2.43. The molecule has 0 bridgehead atoms. The smallest absolute Gasteiger partial charge is 0.133 e. The predicted molar refractivity (Wildman–Crippen MR) is 78.2 cm³/mol. The Morgan fingerprint density at radius 2 is 2.15 bits per heavy atom. The van der Waals surface area contributed by atoms with Crippen molar-refractivity contribution in [3.63, 3.8) is 0 Å². The van der Waals surface area contributed by atoms with Gasteiger partial charge in [-0.3, -0.25) is 4.79 Å². The van der Waals surface area contributed by atoms with Crippen LogP contribution in [0.3, 0.4) is 0 Å². The van der Waals surface area contributed by atoms with Gasteiger partial charge < -0.3 is 9.53 Å². The van der Waals surface area contributed by atoms with E-state index < -0.39 is 0 Å². The van der Waals surface area contributed by atoms with Crippen LogP contribution in [0.2, 0.25) is 0 Å². The summed E-state index contributed by atoms with van der Waals surface area (Å²) in [5.74, 6) is 1.40. The van der Waals surface area contributed by atoms with Crippen molar-refractivity contribution in [2.75, 3.05) is 6.61 Å². The van der Waals surface area contributed by atoms with Gasteiger partial charge >= 0.3 is 0 Å². The Labute approximate surface area is 121 Å². The van der Waals surface area contributed by atoms with Gasteiger partial charge in [0.05, 0.1) is 12.0 Å². The fraction of sp³-hybridized carbons (Fsp3) is 0.647. The van der Waals surface area contributed by atoms with Crippen molar-refractivity contribution in [1.82, 2.24) is 0 Å². The van der Waals surface area contributed by atoms with E-state index >= 15 is 0 Å². The lowest BCUT2D eigenvalue weighted by molar-refractivity contribution is -0.117. The van der Waals surface area contributed by atoms with E-state index in [1.165, 1.54) is 19.3 Å². The number of ether oxygens (including phenoxy) is 1. The maximum absolute atomic E-state index is 11.6. The number of aldehydes is 1. The molecule has 0 aromatic carbocycles. The lowest BCUT2D eigenvalue weighted by Gasteiger charge is -2.37. The second kappa shape index (κ2) is 6.87. The molecule has 110 valence electrons. The molecule has 0 amide bonds. The molecule has 3 heteroatoms. The van der Waals surface area contributed by atoms with E-state index in [-0.39, 0.29) is 11.2 Å². The van der Waals surface area contributed by atoms with E-state index in [0.717, 1.165) is 31.3 Å². The molecule has 2 aliphatic carbocycles. The first-order chi connectivity index (χ1) is 9.66. The Morgan fingerprint density at radius 3 is 2.70 bits per heavy atom. The Hall–Kier alpha value is -1.38. The predicted octanol–water partition coefficient (Wildman–Crippen LogP) is 3.59. The molecule has 0 aliphatic heterocycles. The van der Waals surface area contributed by atoms with Crippen molar-refractivity contribution in [2.45, 2.75) is 51.9 Å². The van der Waals surface area contributed by atoms with Crippen LogP contribution in [0.1, 0.15) is 51.9 Å². The Kier molecular flexibility index (Phi) is 5.16. The van der Waals surface area contributed by atoms with E-state index in [9.17, 15) is 9.59 Å². The highest BCUT2D eigenvalue weighted by molar-refractivity contribution is 5.75. The van der Waals surface area contributed by atoms with Crippen LogP contribution in [-0.2, 0) is 14.3 Å². The molecule has 1 fully saturated rings. The second-order valence-electron chi connectivity index (χ2n) is 6.01. The van der Waals surface area contributed by atoms with Crippen LogP contribution in [0, 0.1) is 11.3 Å². The lowest BCUT2D eigenvalue weighted by atomic mass is 9.66. The van der Waals surface area contributed by atoms with Gasteiger partial charge in [0, 0.05) is 6.42 Å². The van der Waals surface area contributed by atoms with Crippen LogP contribution in [0.15, 0.2) is 24.0 Å². The van der Waals surface area contributed by atoms with Gasteiger partial charge in [-0.1, -0.05) is 25.3 Å². The molecule has 0 spiro atoms. The molecule has 2 aliphatic rings. The van der Waals surface area contributed by atoms with Crippen molar-refractivity contribution < 1.29 is 14.3 Å². The molecule has 0 aromatic rings. The fourth-order valence-corrected chi connectivity index (χ4v) is 3.20. The summed E-state index contributed by atoms with van der Waals surface area (Å²) in [7, 11) is 0. The fourth-order valence-electron chi connectivity index (χ4n) is 3.20. The SMILES string of the molecule is CC(=O)CCOC1=CCC(C=O)(C2CCCCC2)C=C1. The van der Waals surface area contributed by atoms with Crippen LogP contribution in [-0.4, -0.2) is 18.7 Å². The number of ketones is 1. The molecular formula is C17H24O3. The largest absolute Gasteiger partial charge is 0.493 e. The first kappa shape index (κ1) is 15.0. The Morgan fingerprint density at radius 1 is 1.40 bits per heavy atom. The number of Topliss-reactive ketones (excluding diaryl/α,β-unsaturated/α-hetero) is 1. The van der Waals surface area contributed by atoms with Crippen molar-refractivity contribution >= 4 is 12.1 Å². The number of allylic oxidation sites excluding steroid dienone is 3. The summed E-state index contributed by atoms with van der Waals surface area (Å²) >= 11 is 0. The van der Waals surface area contributed by atoms with Gasteiger partial charge in [0.1, 0.15) is 17.8 Å². The summed E-state index contributed by atoms with van der Waals surface area (Å²) in [5.41, 5.74) is -0.326. The average molecular weight is 276 g/mol. The zero-order valence-electron chi connectivity index (χ0n) is 12.3. The Bertz CT molecular complexity index is 416. The van der Waals surface area contributed by atoms with Crippen LogP contribution in [0.5, 0.6) is 0 Å². The highest BCUT2D eigenvalue weighted by Gasteiger charge is 2.37. The zero-order chi connectivity index (χ0) is 14.4.